The molecule has 0 spiro atoms. The molecule has 126 valence electrons. The standard InChI is InChI=1S/C17H24N2O4/c1-13(2)12-23-17(21)19-10-8-18(9-11-19)16(20)14-6-4-5-7-15(14)22-3/h4-7,13H,8-12H2,1-3H3. The Morgan fingerprint density at radius 2 is 1.70 bits per heavy atom. The maximum atomic E-state index is 12.6. The van der Waals surface area contributed by atoms with Crippen molar-refractivity contribution in [3.63, 3.8) is 0 Å². The third-order valence-corrected chi connectivity index (χ3v) is 3.70. The average molecular weight is 320 g/mol. The molecule has 0 aliphatic carbocycles. The zero-order chi connectivity index (χ0) is 16.8. The van der Waals surface area contributed by atoms with Gasteiger partial charge in [0.2, 0.25) is 0 Å². The SMILES string of the molecule is COc1ccccc1C(=O)N1CCN(C(=O)OCC(C)C)CC1. The number of hydrogen-bond acceptors (Lipinski definition) is 4. The number of amides is 2. The molecule has 2 rings (SSSR count). The van der Waals surface area contributed by atoms with Crippen LogP contribution in [0.1, 0.15) is 24.2 Å². The Balaban J connectivity index is 1.91. The van der Waals surface area contributed by atoms with E-state index in [0.29, 0.717) is 50.0 Å². The predicted molar refractivity (Wildman–Crippen MR) is 86.7 cm³/mol. The minimum atomic E-state index is -0.303. The van der Waals surface area contributed by atoms with E-state index < -0.39 is 0 Å². The molecule has 0 saturated carbocycles. The van der Waals surface area contributed by atoms with Crippen molar-refractivity contribution in [3.05, 3.63) is 29.8 Å². The van der Waals surface area contributed by atoms with Gasteiger partial charge in [-0.2, -0.15) is 0 Å². The van der Waals surface area contributed by atoms with Crippen LogP contribution in [0.5, 0.6) is 5.75 Å². The Hall–Kier alpha value is -2.24. The fourth-order valence-corrected chi connectivity index (χ4v) is 2.41. The van der Waals surface area contributed by atoms with Crippen molar-refractivity contribution in [1.29, 1.82) is 0 Å². The molecule has 0 radical (unpaired) electrons. The van der Waals surface area contributed by atoms with Gasteiger partial charge in [0, 0.05) is 26.2 Å². The van der Waals surface area contributed by atoms with Gasteiger partial charge in [-0.3, -0.25) is 4.79 Å². The van der Waals surface area contributed by atoms with Crippen LogP contribution < -0.4 is 4.74 Å². The van der Waals surface area contributed by atoms with Gasteiger partial charge in [0.1, 0.15) is 5.75 Å². The molecule has 1 aliphatic rings. The first-order valence-corrected chi connectivity index (χ1v) is 7.87. The molecule has 1 fully saturated rings. The summed E-state index contributed by atoms with van der Waals surface area (Å²) in [4.78, 5) is 27.9. The maximum Gasteiger partial charge on any atom is 0.409 e. The minimum Gasteiger partial charge on any atom is -0.496 e. The van der Waals surface area contributed by atoms with Gasteiger partial charge in [-0.1, -0.05) is 26.0 Å². The number of benzene rings is 1. The number of piperazine rings is 1. The molecular weight excluding hydrogens is 296 g/mol. The molecule has 0 aromatic heterocycles. The van der Waals surface area contributed by atoms with E-state index in [4.69, 9.17) is 9.47 Å². The summed E-state index contributed by atoms with van der Waals surface area (Å²) in [5.74, 6) is 0.807. The Kier molecular flexibility index (Phi) is 5.84. The Morgan fingerprint density at radius 3 is 2.30 bits per heavy atom. The highest BCUT2D eigenvalue weighted by Gasteiger charge is 2.26. The molecule has 6 heteroatoms. The molecule has 23 heavy (non-hydrogen) atoms. The second kappa shape index (κ2) is 7.85. The third-order valence-electron chi connectivity index (χ3n) is 3.70. The highest BCUT2D eigenvalue weighted by molar-refractivity contribution is 5.97. The van der Waals surface area contributed by atoms with Gasteiger partial charge in [0.25, 0.3) is 5.91 Å². The van der Waals surface area contributed by atoms with Crippen molar-refractivity contribution in [1.82, 2.24) is 9.80 Å². The first-order valence-electron chi connectivity index (χ1n) is 7.87. The predicted octanol–water partition coefficient (Wildman–Crippen LogP) is 2.25. The molecule has 1 heterocycles. The molecule has 0 atom stereocenters. The molecule has 6 nitrogen and oxygen atoms in total. The lowest BCUT2D eigenvalue weighted by Crippen LogP contribution is -2.50. The molecule has 0 N–H and O–H groups in total. The number of rotatable bonds is 4. The van der Waals surface area contributed by atoms with Crippen molar-refractivity contribution >= 4 is 12.0 Å². The van der Waals surface area contributed by atoms with Crippen LogP contribution in [0.4, 0.5) is 4.79 Å². The number of carbonyl (C=O) groups is 2. The quantitative estimate of drug-likeness (QED) is 0.854. The average Bonchev–Trinajstić information content (AvgIpc) is 2.59. The van der Waals surface area contributed by atoms with Crippen LogP contribution in [0.2, 0.25) is 0 Å². The summed E-state index contributed by atoms with van der Waals surface area (Å²) in [7, 11) is 1.55. The van der Waals surface area contributed by atoms with E-state index >= 15 is 0 Å². The highest BCUT2D eigenvalue weighted by Crippen LogP contribution is 2.20. The smallest absolute Gasteiger partial charge is 0.409 e. The van der Waals surface area contributed by atoms with E-state index in [0.717, 1.165) is 0 Å². The number of ether oxygens (including phenoxy) is 2. The van der Waals surface area contributed by atoms with E-state index in [1.54, 1.807) is 29.0 Å². The largest absolute Gasteiger partial charge is 0.496 e. The summed E-state index contributed by atoms with van der Waals surface area (Å²) in [6, 6.07) is 7.17. The lowest BCUT2D eigenvalue weighted by atomic mass is 10.1. The van der Waals surface area contributed by atoms with Crippen molar-refractivity contribution in [3.8, 4) is 5.75 Å². The summed E-state index contributed by atoms with van der Waals surface area (Å²) in [5.41, 5.74) is 0.547. The molecule has 1 aliphatic heterocycles. The van der Waals surface area contributed by atoms with Gasteiger partial charge in [-0.25, -0.2) is 4.79 Å². The van der Waals surface area contributed by atoms with Gasteiger partial charge >= 0.3 is 6.09 Å². The van der Waals surface area contributed by atoms with Crippen LogP contribution in [0.3, 0.4) is 0 Å². The van der Waals surface area contributed by atoms with E-state index in [9.17, 15) is 9.59 Å². The molecule has 1 aromatic rings. The normalized spacial score (nSPS) is 14.8. The zero-order valence-corrected chi connectivity index (χ0v) is 13.9. The molecule has 1 saturated heterocycles. The van der Waals surface area contributed by atoms with E-state index in [1.807, 2.05) is 26.0 Å². The van der Waals surface area contributed by atoms with Crippen molar-refractivity contribution in [2.24, 2.45) is 5.92 Å². The van der Waals surface area contributed by atoms with Gasteiger partial charge < -0.3 is 19.3 Å². The first kappa shape index (κ1) is 17.1. The zero-order valence-electron chi connectivity index (χ0n) is 13.9. The van der Waals surface area contributed by atoms with Crippen LogP contribution >= 0.6 is 0 Å². The van der Waals surface area contributed by atoms with E-state index in [2.05, 4.69) is 0 Å². The number of para-hydroxylation sites is 1. The molecule has 0 unspecified atom stereocenters. The van der Waals surface area contributed by atoms with Gasteiger partial charge in [-0.15, -0.1) is 0 Å². The number of methoxy groups -OCH3 is 1. The van der Waals surface area contributed by atoms with Crippen LogP contribution in [-0.4, -0.2) is 61.7 Å². The molecule has 1 aromatic carbocycles. The maximum absolute atomic E-state index is 12.6. The lowest BCUT2D eigenvalue weighted by molar-refractivity contribution is 0.0533. The summed E-state index contributed by atoms with van der Waals surface area (Å²) in [6.07, 6.45) is -0.303. The fourth-order valence-electron chi connectivity index (χ4n) is 2.41. The highest BCUT2D eigenvalue weighted by atomic mass is 16.6. The number of hydrogen-bond donors (Lipinski definition) is 0. The first-order chi connectivity index (χ1) is 11.0. The van der Waals surface area contributed by atoms with Crippen molar-refractivity contribution < 1.29 is 19.1 Å². The summed E-state index contributed by atoms with van der Waals surface area (Å²) < 4.78 is 10.5. The monoisotopic (exact) mass is 320 g/mol. The second-order valence-electron chi connectivity index (χ2n) is 5.95. The number of carbonyl (C=O) groups excluding carboxylic acids is 2. The van der Waals surface area contributed by atoms with Gasteiger partial charge in [0.05, 0.1) is 19.3 Å². The van der Waals surface area contributed by atoms with Gasteiger partial charge in [0.15, 0.2) is 0 Å². The van der Waals surface area contributed by atoms with Crippen LogP contribution in [0, 0.1) is 5.92 Å². The summed E-state index contributed by atoms with van der Waals surface area (Å²) in [5, 5.41) is 0. The molecule has 2 amide bonds. The summed E-state index contributed by atoms with van der Waals surface area (Å²) in [6.45, 7) is 6.37. The van der Waals surface area contributed by atoms with Crippen molar-refractivity contribution in [2.75, 3.05) is 39.9 Å². The number of nitrogens with zero attached hydrogens (tertiary/aromatic N) is 2. The van der Waals surface area contributed by atoms with E-state index in [-0.39, 0.29) is 12.0 Å². The Morgan fingerprint density at radius 1 is 1.09 bits per heavy atom. The lowest BCUT2D eigenvalue weighted by Gasteiger charge is -2.34. The summed E-state index contributed by atoms with van der Waals surface area (Å²) >= 11 is 0. The minimum absolute atomic E-state index is 0.0716. The molecular formula is C17H24N2O4. The van der Waals surface area contributed by atoms with Crippen LogP contribution in [-0.2, 0) is 4.74 Å². The van der Waals surface area contributed by atoms with Crippen molar-refractivity contribution in [2.45, 2.75) is 13.8 Å². The fraction of sp³-hybridized carbons (Fsp3) is 0.529. The Labute approximate surface area is 137 Å². The van der Waals surface area contributed by atoms with Crippen LogP contribution in [0.15, 0.2) is 24.3 Å². The molecule has 0 bridgehead atoms. The topological polar surface area (TPSA) is 59.1 Å². The second-order valence-corrected chi connectivity index (χ2v) is 5.95. The van der Waals surface area contributed by atoms with Crippen LogP contribution in [0.25, 0.3) is 0 Å². The third kappa shape index (κ3) is 4.37. The van der Waals surface area contributed by atoms with E-state index in [1.165, 1.54) is 0 Å². The van der Waals surface area contributed by atoms with Gasteiger partial charge in [-0.05, 0) is 18.1 Å². The Bertz CT molecular complexity index is 551.